The van der Waals surface area contributed by atoms with Gasteiger partial charge in [0.1, 0.15) is 5.75 Å². The van der Waals surface area contributed by atoms with Crippen molar-refractivity contribution in [2.75, 3.05) is 6.54 Å². The second-order valence-electron chi connectivity index (χ2n) is 3.54. The highest BCUT2D eigenvalue weighted by Crippen LogP contribution is 2.29. The van der Waals surface area contributed by atoms with Crippen molar-refractivity contribution >= 4 is 21.8 Å². The van der Waals surface area contributed by atoms with Gasteiger partial charge in [-0.3, -0.25) is 4.79 Å². The van der Waals surface area contributed by atoms with Gasteiger partial charge in [0.2, 0.25) is 0 Å². The molecule has 0 fully saturated rings. The number of amides is 1. The van der Waals surface area contributed by atoms with Crippen LogP contribution in [0.3, 0.4) is 0 Å². The normalized spacial score (nSPS) is 12.0. The summed E-state index contributed by atoms with van der Waals surface area (Å²) in [4.78, 5) is 11.5. The largest absolute Gasteiger partial charge is 0.479 e. The number of benzene rings is 1. The van der Waals surface area contributed by atoms with Crippen LogP contribution in [0, 0.1) is 0 Å². The first-order valence-corrected chi connectivity index (χ1v) is 6.22. The molecule has 5 heteroatoms. The number of ether oxygens (including phenoxy) is 1. The number of para-hydroxylation sites is 1. The van der Waals surface area contributed by atoms with Crippen molar-refractivity contribution < 1.29 is 14.6 Å². The van der Waals surface area contributed by atoms with E-state index in [4.69, 9.17) is 4.74 Å². The Kier molecular flexibility index (Phi) is 5.44. The van der Waals surface area contributed by atoms with E-state index in [2.05, 4.69) is 21.2 Å². The molecule has 0 saturated heterocycles. The highest BCUT2D eigenvalue weighted by atomic mass is 79.9. The van der Waals surface area contributed by atoms with Crippen LogP contribution in [-0.2, 0) is 11.4 Å². The minimum absolute atomic E-state index is 0.128. The zero-order chi connectivity index (χ0) is 12.8. The molecule has 1 amide bonds. The molecular weight excluding hydrogens is 286 g/mol. The van der Waals surface area contributed by atoms with E-state index in [0.717, 1.165) is 4.47 Å². The summed E-state index contributed by atoms with van der Waals surface area (Å²) in [6.45, 7) is 3.96. The molecule has 1 aromatic rings. The summed E-state index contributed by atoms with van der Waals surface area (Å²) in [6.07, 6.45) is -0.598. The van der Waals surface area contributed by atoms with E-state index in [1.165, 1.54) is 0 Å². The first-order valence-electron chi connectivity index (χ1n) is 5.42. The Morgan fingerprint density at radius 3 is 2.88 bits per heavy atom. The van der Waals surface area contributed by atoms with Gasteiger partial charge in [0.05, 0.1) is 11.1 Å². The van der Waals surface area contributed by atoms with Crippen molar-refractivity contribution in [2.45, 2.75) is 26.6 Å². The SMILES string of the molecule is CCNC(=O)C(C)Oc1c(Br)cccc1CO. The van der Waals surface area contributed by atoms with Crippen LogP contribution in [0.2, 0.25) is 0 Å². The van der Waals surface area contributed by atoms with Gasteiger partial charge in [-0.15, -0.1) is 0 Å². The maximum atomic E-state index is 11.5. The quantitative estimate of drug-likeness (QED) is 0.872. The molecular formula is C12H16BrNO3. The number of nitrogens with one attached hydrogen (secondary N) is 1. The van der Waals surface area contributed by atoms with Crippen LogP contribution in [-0.4, -0.2) is 23.7 Å². The lowest BCUT2D eigenvalue weighted by Crippen LogP contribution is -2.36. The average molecular weight is 302 g/mol. The smallest absolute Gasteiger partial charge is 0.260 e. The lowest BCUT2D eigenvalue weighted by Gasteiger charge is -2.17. The number of likely N-dealkylation sites (N-methyl/N-ethyl adjacent to an activating group) is 1. The number of aliphatic hydroxyl groups is 1. The van der Waals surface area contributed by atoms with Gasteiger partial charge in [-0.2, -0.15) is 0 Å². The molecule has 1 atom stereocenters. The molecule has 0 spiro atoms. The predicted octanol–water partition coefficient (Wildman–Crippen LogP) is 1.84. The number of rotatable bonds is 5. The number of carbonyl (C=O) groups excluding carboxylic acids is 1. The standard InChI is InChI=1S/C12H16BrNO3/c1-3-14-12(16)8(2)17-11-9(7-15)5-4-6-10(11)13/h4-6,8,15H,3,7H2,1-2H3,(H,14,16). The minimum atomic E-state index is -0.598. The van der Waals surface area contributed by atoms with Gasteiger partial charge >= 0.3 is 0 Å². The van der Waals surface area contributed by atoms with Crippen LogP contribution in [0.15, 0.2) is 22.7 Å². The highest BCUT2D eigenvalue weighted by molar-refractivity contribution is 9.10. The van der Waals surface area contributed by atoms with E-state index in [1.54, 1.807) is 25.1 Å². The third-order valence-electron chi connectivity index (χ3n) is 2.23. The molecule has 94 valence electrons. The summed E-state index contributed by atoms with van der Waals surface area (Å²) < 4.78 is 6.28. The molecule has 0 aliphatic rings. The lowest BCUT2D eigenvalue weighted by molar-refractivity contribution is -0.127. The van der Waals surface area contributed by atoms with Crippen LogP contribution >= 0.6 is 15.9 Å². The van der Waals surface area contributed by atoms with E-state index in [0.29, 0.717) is 17.9 Å². The maximum absolute atomic E-state index is 11.5. The third kappa shape index (κ3) is 3.71. The Labute approximate surface area is 109 Å². The second kappa shape index (κ2) is 6.61. The summed E-state index contributed by atoms with van der Waals surface area (Å²) >= 11 is 3.34. The maximum Gasteiger partial charge on any atom is 0.260 e. The molecule has 0 aliphatic heterocycles. The summed E-state index contributed by atoms with van der Waals surface area (Å²) in [5.41, 5.74) is 0.649. The van der Waals surface area contributed by atoms with Gasteiger partial charge in [-0.05, 0) is 35.8 Å². The van der Waals surface area contributed by atoms with E-state index >= 15 is 0 Å². The van der Waals surface area contributed by atoms with E-state index in [9.17, 15) is 9.90 Å². The first-order chi connectivity index (χ1) is 8.10. The average Bonchev–Trinajstić information content (AvgIpc) is 2.31. The Hall–Kier alpha value is -1.07. The fourth-order valence-electron chi connectivity index (χ4n) is 1.36. The third-order valence-corrected chi connectivity index (χ3v) is 2.86. The van der Waals surface area contributed by atoms with Gasteiger partial charge < -0.3 is 15.2 Å². The van der Waals surface area contributed by atoms with Crippen molar-refractivity contribution in [3.63, 3.8) is 0 Å². The van der Waals surface area contributed by atoms with Crippen LogP contribution in [0.5, 0.6) is 5.75 Å². The molecule has 0 aliphatic carbocycles. The van der Waals surface area contributed by atoms with Crippen LogP contribution in [0.25, 0.3) is 0 Å². The number of aliphatic hydroxyl groups excluding tert-OH is 1. The van der Waals surface area contributed by atoms with Gasteiger partial charge in [0.25, 0.3) is 5.91 Å². The van der Waals surface area contributed by atoms with Gasteiger partial charge in [0, 0.05) is 12.1 Å². The minimum Gasteiger partial charge on any atom is -0.479 e. The highest BCUT2D eigenvalue weighted by Gasteiger charge is 2.17. The second-order valence-corrected chi connectivity index (χ2v) is 4.40. The number of hydrogen-bond acceptors (Lipinski definition) is 3. The predicted molar refractivity (Wildman–Crippen MR) is 68.8 cm³/mol. The number of halogens is 1. The Morgan fingerprint density at radius 2 is 2.29 bits per heavy atom. The first kappa shape index (κ1) is 14.0. The van der Waals surface area contributed by atoms with Crippen molar-refractivity contribution in [1.82, 2.24) is 5.32 Å². The summed E-state index contributed by atoms with van der Waals surface area (Å²) in [5.74, 6) is 0.334. The van der Waals surface area contributed by atoms with E-state index < -0.39 is 6.10 Å². The molecule has 1 aromatic carbocycles. The monoisotopic (exact) mass is 301 g/mol. The molecule has 0 heterocycles. The van der Waals surface area contributed by atoms with Crippen LogP contribution in [0.1, 0.15) is 19.4 Å². The van der Waals surface area contributed by atoms with Crippen molar-refractivity contribution in [1.29, 1.82) is 0 Å². The number of carbonyl (C=O) groups is 1. The molecule has 0 saturated carbocycles. The van der Waals surface area contributed by atoms with Gasteiger partial charge in [-0.25, -0.2) is 0 Å². The molecule has 0 aromatic heterocycles. The van der Waals surface area contributed by atoms with Gasteiger partial charge in [0.15, 0.2) is 6.10 Å². The Morgan fingerprint density at radius 1 is 1.59 bits per heavy atom. The van der Waals surface area contributed by atoms with Crippen LogP contribution < -0.4 is 10.1 Å². The number of hydrogen-bond donors (Lipinski definition) is 2. The Bertz CT molecular complexity index is 395. The zero-order valence-electron chi connectivity index (χ0n) is 9.87. The molecule has 2 N–H and O–H groups in total. The molecule has 1 unspecified atom stereocenters. The fourth-order valence-corrected chi connectivity index (χ4v) is 1.86. The Balaban J connectivity index is 2.83. The topological polar surface area (TPSA) is 58.6 Å². The molecule has 0 radical (unpaired) electrons. The van der Waals surface area contributed by atoms with Crippen molar-refractivity contribution in [3.8, 4) is 5.75 Å². The molecule has 4 nitrogen and oxygen atoms in total. The summed E-state index contributed by atoms with van der Waals surface area (Å²) in [6, 6.07) is 5.36. The van der Waals surface area contributed by atoms with E-state index in [1.807, 2.05) is 6.92 Å². The van der Waals surface area contributed by atoms with Crippen LogP contribution in [0.4, 0.5) is 0 Å². The zero-order valence-corrected chi connectivity index (χ0v) is 11.5. The molecule has 0 bridgehead atoms. The van der Waals surface area contributed by atoms with Crippen molar-refractivity contribution in [2.24, 2.45) is 0 Å². The fraction of sp³-hybridized carbons (Fsp3) is 0.417. The molecule has 1 rings (SSSR count). The summed E-state index contributed by atoms with van der Waals surface area (Å²) in [5, 5.41) is 11.9. The van der Waals surface area contributed by atoms with Crippen molar-refractivity contribution in [3.05, 3.63) is 28.2 Å². The summed E-state index contributed by atoms with van der Waals surface area (Å²) in [7, 11) is 0. The molecule has 17 heavy (non-hydrogen) atoms. The van der Waals surface area contributed by atoms with Gasteiger partial charge in [-0.1, -0.05) is 12.1 Å². The van der Waals surface area contributed by atoms with E-state index in [-0.39, 0.29) is 12.5 Å². The lowest BCUT2D eigenvalue weighted by atomic mass is 10.2.